The Morgan fingerprint density at radius 2 is 1.87 bits per heavy atom. The van der Waals surface area contributed by atoms with Gasteiger partial charge < -0.3 is 19.7 Å². The van der Waals surface area contributed by atoms with Crippen LogP contribution in [0.15, 0.2) is 42.5 Å². The Bertz CT molecular complexity index is 898. The third kappa shape index (κ3) is 5.54. The van der Waals surface area contributed by atoms with Crippen molar-refractivity contribution in [3.63, 3.8) is 0 Å². The van der Waals surface area contributed by atoms with Gasteiger partial charge in [0.05, 0.1) is 5.56 Å². The Morgan fingerprint density at radius 3 is 2.57 bits per heavy atom. The number of carbonyl (C=O) groups is 2. The largest absolute Gasteiger partial charge is 0.489 e. The number of nitrogens with zero attached hydrogens (tertiary/aromatic N) is 1. The van der Waals surface area contributed by atoms with Crippen LogP contribution < -0.4 is 10.1 Å². The minimum absolute atomic E-state index is 0.0521. The van der Waals surface area contributed by atoms with E-state index in [0.29, 0.717) is 37.2 Å². The third-order valence-corrected chi connectivity index (χ3v) is 4.94. The molecule has 1 aliphatic rings. The molecule has 0 atom stereocenters. The summed E-state index contributed by atoms with van der Waals surface area (Å²) in [6, 6.07) is 10.0. The molecule has 0 aromatic heterocycles. The van der Waals surface area contributed by atoms with E-state index in [2.05, 4.69) is 5.32 Å². The van der Waals surface area contributed by atoms with Gasteiger partial charge in [0.1, 0.15) is 30.1 Å². The molecule has 2 aromatic carbocycles. The molecule has 1 heterocycles. The maximum Gasteiger partial charge on any atom is 0.255 e. The second-order valence-electron chi connectivity index (χ2n) is 7.05. The lowest BCUT2D eigenvalue weighted by Gasteiger charge is -2.32. The van der Waals surface area contributed by atoms with Crippen LogP contribution in [0, 0.1) is 11.6 Å². The van der Waals surface area contributed by atoms with Crippen LogP contribution in [0.4, 0.5) is 8.78 Å². The van der Waals surface area contributed by atoms with Crippen molar-refractivity contribution in [2.75, 3.05) is 26.8 Å². The number of likely N-dealkylation sites (tertiary alicyclic amines) is 1. The first-order valence-electron chi connectivity index (χ1n) is 9.72. The first kappa shape index (κ1) is 21.7. The fourth-order valence-corrected chi connectivity index (χ4v) is 3.31. The number of para-hydroxylation sites is 1. The number of methoxy groups -OCH3 is 1. The van der Waals surface area contributed by atoms with Crippen LogP contribution in [-0.2, 0) is 16.1 Å². The van der Waals surface area contributed by atoms with Crippen molar-refractivity contribution >= 4 is 11.8 Å². The SMILES string of the molecule is COCC(=O)N1CCC(Oc2ccccc2C(=O)NCc2ccc(F)cc2F)CC1. The van der Waals surface area contributed by atoms with Crippen LogP contribution in [0.1, 0.15) is 28.8 Å². The molecule has 0 spiro atoms. The Hall–Kier alpha value is -3.00. The van der Waals surface area contributed by atoms with E-state index in [1.807, 2.05) is 0 Å². The van der Waals surface area contributed by atoms with Crippen LogP contribution >= 0.6 is 0 Å². The smallest absolute Gasteiger partial charge is 0.255 e. The normalized spacial score (nSPS) is 14.4. The van der Waals surface area contributed by atoms with Gasteiger partial charge in [0.25, 0.3) is 5.91 Å². The molecule has 8 heteroatoms. The number of hydrogen-bond acceptors (Lipinski definition) is 4. The van der Waals surface area contributed by atoms with Gasteiger partial charge in [-0.15, -0.1) is 0 Å². The number of ether oxygens (including phenoxy) is 2. The Kier molecular flexibility index (Phi) is 7.35. The van der Waals surface area contributed by atoms with Crippen LogP contribution in [0.25, 0.3) is 0 Å². The molecular weight excluding hydrogens is 394 g/mol. The van der Waals surface area contributed by atoms with Gasteiger partial charge in [-0.2, -0.15) is 0 Å². The number of benzene rings is 2. The summed E-state index contributed by atoms with van der Waals surface area (Å²) in [5, 5.41) is 2.64. The molecule has 6 nitrogen and oxygen atoms in total. The molecular formula is C22H24F2N2O4. The number of halogens is 2. The Morgan fingerprint density at radius 1 is 1.13 bits per heavy atom. The highest BCUT2D eigenvalue weighted by Gasteiger charge is 2.25. The zero-order chi connectivity index (χ0) is 21.5. The molecule has 2 aromatic rings. The number of carbonyl (C=O) groups excluding carboxylic acids is 2. The van der Waals surface area contributed by atoms with Gasteiger partial charge in [-0.3, -0.25) is 9.59 Å². The first-order valence-corrected chi connectivity index (χ1v) is 9.72. The maximum atomic E-state index is 13.8. The number of hydrogen-bond donors (Lipinski definition) is 1. The van der Waals surface area contributed by atoms with Crippen molar-refractivity contribution in [2.45, 2.75) is 25.5 Å². The monoisotopic (exact) mass is 418 g/mol. The van der Waals surface area contributed by atoms with E-state index in [-0.39, 0.29) is 30.7 Å². The molecule has 0 aliphatic carbocycles. The average Bonchev–Trinajstić information content (AvgIpc) is 2.74. The summed E-state index contributed by atoms with van der Waals surface area (Å²) in [5.41, 5.74) is 0.522. The molecule has 0 bridgehead atoms. The molecule has 1 N–H and O–H groups in total. The standard InChI is InChI=1S/C22H24F2N2O4/c1-29-14-21(27)26-10-8-17(9-11-26)30-20-5-3-2-4-18(20)22(28)25-13-15-6-7-16(23)12-19(15)24/h2-7,12,17H,8-11,13-14H2,1H3,(H,25,28). The lowest BCUT2D eigenvalue weighted by Crippen LogP contribution is -2.43. The lowest BCUT2D eigenvalue weighted by atomic mass is 10.1. The molecule has 0 saturated carbocycles. The van der Waals surface area contributed by atoms with Gasteiger partial charge in [-0.1, -0.05) is 18.2 Å². The van der Waals surface area contributed by atoms with Crippen molar-refractivity contribution in [1.29, 1.82) is 0 Å². The van der Waals surface area contributed by atoms with E-state index >= 15 is 0 Å². The van der Waals surface area contributed by atoms with Crippen LogP contribution in [0.5, 0.6) is 5.75 Å². The first-order chi connectivity index (χ1) is 14.5. The fraction of sp³-hybridized carbons (Fsp3) is 0.364. The highest BCUT2D eigenvalue weighted by atomic mass is 19.1. The minimum atomic E-state index is -0.713. The zero-order valence-electron chi connectivity index (χ0n) is 16.7. The summed E-state index contributed by atoms with van der Waals surface area (Å²) in [4.78, 5) is 26.3. The highest BCUT2D eigenvalue weighted by Crippen LogP contribution is 2.23. The van der Waals surface area contributed by atoms with E-state index in [1.165, 1.54) is 13.2 Å². The highest BCUT2D eigenvalue weighted by molar-refractivity contribution is 5.96. The fourth-order valence-electron chi connectivity index (χ4n) is 3.31. The number of piperidine rings is 1. The molecule has 2 amide bonds. The van der Waals surface area contributed by atoms with Gasteiger partial charge in [0.2, 0.25) is 5.91 Å². The molecule has 30 heavy (non-hydrogen) atoms. The van der Waals surface area contributed by atoms with E-state index in [0.717, 1.165) is 12.1 Å². The molecule has 1 aliphatic heterocycles. The summed E-state index contributed by atoms with van der Waals surface area (Å²) in [6.07, 6.45) is 1.17. The Labute approximate surface area is 173 Å². The number of nitrogens with one attached hydrogen (secondary N) is 1. The van der Waals surface area contributed by atoms with Crippen molar-refractivity contribution in [2.24, 2.45) is 0 Å². The molecule has 1 fully saturated rings. The zero-order valence-corrected chi connectivity index (χ0v) is 16.7. The van der Waals surface area contributed by atoms with E-state index < -0.39 is 17.5 Å². The van der Waals surface area contributed by atoms with Crippen LogP contribution in [-0.4, -0.2) is 49.6 Å². The molecule has 3 rings (SSSR count). The van der Waals surface area contributed by atoms with E-state index in [1.54, 1.807) is 29.2 Å². The van der Waals surface area contributed by atoms with Gasteiger partial charge in [0, 0.05) is 51.2 Å². The van der Waals surface area contributed by atoms with Crippen molar-refractivity contribution in [3.05, 3.63) is 65.2 Å². The van der Waals surface area contributed by atoms with Crippen molar-refractivity contribution in [3.8, 4) is 5.75 Å². The molecule has 1 saturated heterocycles. The summed E-state index contributed by atoms with van der Waals surface area (Å²) < 4.78 is 37.7. The molecule has 160 valence electrons. The quantitative estimate of drug-likeness (QED) is 0.751. The third-order valence-electron chi connectivity index (χ3n) is 4.94. The summed E-state index contributed by atoms with van der Waals surface area (Å²) >= 11 is 0. The topological polar surface area (TPSA) is 67.9 Å². The van der Waals surface area contributed by atoms with Crippen LogP contribution in [0.2, 0.25) is 0 Å². The number of amides is 2. The molecule has 0 unspecified atom stereocenters. The minimum Gasteiger partial charge on any atom is -0.489 e. The van der Waals surface area contributed by atoms with Crippen LogP contribution in [0.3, 0.4) is 0 Å². The predicted octanol–water partition coefficient (Wildman–Crippen LogP) is 2.91. The molecule has 0 radical (unpaired) electrons. The second kappa shape index (κ2) is 10.2. The van der Waals surface area contributed by atoms with E-state index in [4.69, 9.17) is 9.47 Å². The predicted molar refractivity (Wildman–Crippen MR) is 106 cm³/mol. The summed E-state index contributed by atoms with van der Waals surface area (Å²) in [5.74, 6) is -1.42. The van der Waals surface area contributed by atoms with Gasteiger partial charge >= 0.3 is 0 Å². The average molecular weight is 418 g/mol. The summed E-state index contributed by atoms with van der Waals surface area (Å²) in [6.45, 7) is 1.11. The van der Waals surface area contributed by atoms with Crippen molar-refractivity contribution in [1.82, 2.24) is 10.2 Å². The van der Waals surface area contributed by atoms with Gasteiger partial charge in [0.15, 0.2) is 0 Å². The number of rotatable bonds is 7. The summed E-state index contributed by atoms with van der Waals surface area (Å²) in [7, 11) is 1.49. The van der Waals surface area contributed by atoms with Gasteiger partial charge in [-0.05, 0) is 18.2 Å². The lowest BCUT2D eigenvalue weighted by molar-refractivity contribution is -0.136. The Balaban J connectivity index is 1.59. The van der Waals surface area contributed by atoms with Gasteiger partial charge in [-0.25, -0.2) is 8.78 Å². The second-order valence-corrected chi connectivity index (χ2v) is 7.05. The van der Waals surface area contributed by atoms with E-state index in [9.17, 15) is 18.4 Å². The maximum absolute atomic E-state index is 13.8. The van der Waals surface area contributed by atoms with Crippen molar-refractivity contribution < 1.29 is 27.8 Å².